The smallest absolute Gasteiger partial charge is 0.323 e. The Bertz CT molecular complexity index is 1960. The van der Waals surface area contributed by atoms with Gasteiger partial charge in [-0.25, -0.2) is 18.2 Å². The zero-order valence-corrected chi connectivity index (χ0v) is 24.3. The molecule has 224 valence electrons. The SMILES string of the molecule is CC1(C)COC[C@@H]1n1c(Cc2cc(F)c(-c3cccc(OCc4ccc(C#N)cc4F)n3)cc2F)nnc1-c1nsc(=O)[nH]1. The summed E-state index contributed by atoms with van der Waals surface area (Å²) in [6.45, 7) is 4.67. The van der Waals surface area contributed by atoms with E-state index in [-0.39, 0.29) is 69.0 Å². The number of benzene rings is 2. The van der Waals surface area contributed by atoms with Gasteiger partial charge in [0, 0.05) is 40.6 Å². The maximum atomic E-state index is 15.5. The van der Waals surface area contributed by atoms with Gasteiger partial charge in [-0.15, -0.1) is 10.2 Å². The number of aromatic nitrogens is 6. The van der Waals surface area contributed by atoms with Gasteiger partial charge in [0.15, 0.2) is 5.82 Å². The number of pyridine rings is 1. The first-order valence-corrected chi connectivity index (χ1v) is 14.2. The number of hydrogen-bond donors (Lipinski definition) is 1. The summed E-state index contributed by atoms with van der Waals surface area (Å²) in [5, 5.41) is 17.4. The van der Waals surface area contributed by atoms with Crippen LogP contribution in [0.3, 0.4) is 0 Å². The number of nitrogens with zero attached hydrogens (tertiary/aromatic N) is 6. The molecule has 0 unspecified atom stereocenters. The highest BCUT2D eigenvalue weighted by molar-refractivity contribution is 7.03. The molecule has 0 spiro atoms. The van der Waals surface area contributed by atoms with Crippen LogP contribution in [0.4, 0.5) is 13.2 Å². The van der Waals surface area contributed by atoms with Crippen LogP contribution in [0.5, 0.6) is 5.88 Å². The van der Waals surface area contributed by atoms with Gasteiger partial charge in [0.05, 0.1) is 36.6 Å². The van der Waals surface area contributed by atoms with Crippen molar-refractivity contribution in [3.05, 3.63) is 98.2 Å². The van der Waals surface area contributed by atoms with Crippen LogP contribution in [0.15, 0.2) is 53.3 Å². The van der Waals surface area contributed by atoms with Crippen LogP contribution in [0, 0.1) is 34.2 Å². The molecule has 2 aromatic carbocycles. The lowest BCUT2D eigenvalue weighted by atomic mass is 9.87. The fraction of sp³-hybridized carbons (Fsp3) is 0.267. The predicted molar refractivity (Wildman–Crippen MR) is 153 cm³/mol. The monoisotopic (exact) mass is 619 g/mol. The second-order valence-electron chi connectivity index (χ2n) is 10.9. The number of hydrogen-bond acceptors (Lipinski definition) is 9. The van der Waals surface area contributed by atoms with Gasteiger partial charge in [0.2, 0.25) is 11.7 Å². The molecule has 0 aliphatic carbocycles. The Morgan fingerprint density at radius 3 is 2.64 bits per heavy atom. The normalized spacial score (nSPS) is 15.8. The van der Waals surface area contributed by atoms with Crippen molar-refractivity contribution in [1.82, 2.24) is 29.1 Å². The van der Waals surface area contributed by atoms with Crippen LogP contribution < -0.4 is 9.61 Å². The van der Waals surface area contributed by atoms with E-state index in [4.69, 9.17) is 14.7 Å². The second kappa shape index (κ2) is 11.7. The summed E-state index contributed by atoms with van der Waals surface area (Å²) < 4.78 is 62.5. The molecule has 1 saturated heterocycles. The summed E-state index contributed by atoms with van der Waals surface area (Å²) in [5.74, 6) is -1.03. The standard InChI is InChI=1S/C30H24F3N7O3S/c1-30(2)15-42-14-24(30)40-25(37-38-28(40)27-36-29(41)44-39-27)10-18-9-22(33)19(11-21(18)32)23-4-3-5-26(35-23)43-13-17-7-6-16(12-34)8-20(17)31/h3-9,11,24H,10,13-15H2,1-2H3,(H,36,39,41)/t24-/m0/s1. The van der Waals surface area contributed by atoms with Crippen molar-refractivity contribution in [3.63, 3.8) is 0 Å². The third-order valence-electron chi connectivity index (χ3n) is 7.42. The van der Waals surface area contributed by atoms with Crippen LogP contribution in [0.2, 0.25) is 0 Å². The fourth-order valence-corrected chi connectivity index (χ4v) is 5.50. The Kier molecular flexibility index (Phi) is 7.74. The summed E-state index contributed by atoms with van der Waals surface area (Å²) in [7, 11) is 0. The zero-order valence-electron chi connectivity index (χ0n) is 23.5. The predicted octanol–water partition coefficient (Wildman–Crippen LogP) is 5.21. The van der Waals surface area contributed by atoms with Crippen molar-refractivity contribution in [2.75, 3.05) is 13.2 Å². The van der Waals surface area contributed by atoms with Gasteiger partial charge in [-0.05, 0) is 35.9 Å². The van der Waals surface area contributed by atoms with Gasteiger partial charge >= 0.3 is 4.87 Å². The third kappa shape index (κ3) is 5.71. The van der Waals surface area contributed by atoms with Crippen LogP contribution in [-0.4, -0.2) is 42.3 Å². The first-order chi connectivity index (χ1) is 21.1. The molecule has 1 N–H and O–H groups in total. The van der Waals surface area contributed by atoms with Crippen molar-refractivity contribution in [1.29, 1.82) is 5.26 Å². The minimum atomic E-state index is -0.719. The molecule has 0 amide bonds. The topological polar surface area (TPSA) is 132 Å². The average molecular weight is 620 g/mol. The summed E-state index contributed by atoms with van der Waals surface area (Å²) >= 11 is 0.747. The number of rotatable bonds is 8. The third-order valence-corrected chi connectivity index (χ3v) is 7.97. The van der Waals surface area contributed by atoms with Crippen molar-refractivity contribution < 1.29 is 22.6 Å². The maximum Gasteiger partial charge on any atom is 0.323 e. The van der Waals surface area contributed by atoms with Crippen molar-refractivity contribution in [2.45, 2.75) is 32.9 Å². The molecular formula is C30H24F3N7O3S. The van der Waals surface area contributed by atoms with Gasteiger partial charge in [-0.2, -0.15) is 9.64 Å². The van der Waals surface area contributed by atoms with Gasteiger partial charge < -0.3 is 14.0 Å². The summed E-state index contributed by atoms with van der Waals surface area (Å²) in [4.78, 5) is 18.4. The van der Waals surface area contributed by atoms with E-state index in [1.54, 1.807) is 10.6 Å². The molecule has 0 bridgehead atoms. The van der Waals surface area contributed by atoms with Gasteiger partial charge in [-0.3, -0.25) is 9.78 Å². The van der Waals surface area contributed by atoms with E-state index in [0.717, 1.165) is 29.7 Å². The number of ether oxygens (including phenoxy) is 2. The number of halogens is 3. The Hall–Kier alpha value is -4.87. The van der Waals surface area contributed by atoms with Crippen LogP contribution in [0.1, 0.15) is 42.4 Å². The first kappa shape index (κ1) is 29.2. The Balaban J connectivity index is 1.27. The van der Waals surface area contributed by atoms with E-state index in [0.29, 0.717) is 24.9 Å². The van der Waals surface area contributed by atoms with Crippen molar-refractivity contribution in [3.8, 4) is 34.9 Å². The van der Waals surface area contributed by atoms with E-state index in [2.05, 4.69) is 24.5 Å². The molecule has 0 saturated carbocycles. The average Bonchev–Trinajstić information content (AvgIpc) is 3.71. The molecule has 10 nitrogen and oxygen atoms in total. The quantitative estimate of drug-likeness (QED) is 0.251. The Labute approximate surface area is 252 Å². The molecule has 1 aliphatic heterocycles. The molecule has 1 atom stereocenters. The molecule has 0 radical (unpaired) electrons. The minimum absolute atomic E-state index is 0.0404. The lowest BCUT2D eigenvalue weighted by molar-refractivity contribution is 0.166. The number of nitrogens with one attached hydrogen (secondary N) is 1. The van der Waals surface area contributed by atoms with E-state index >= 15 is 8.78 Å². The molecule has 1 aliphatic rings. The van der Waals surface area contributed by atoms with Gasteiger partial charge in [0.1, 0.15) is 29.9 Å². The minimum Gasteiger partial charge on any atom is -0.473 e. The van der Waals surface area contributed by atoms with Crippen molar-refractivity contribution in [2.24, 2.45) is 5.41 Å². The highest BCUT2D eigenvalue weighted by Gasteiger charge is 2.40. The number of nitriles is 1. The number of aromatic amines is 1. The van der Waals surface area contributed by atoms with Gasteiger partial charge in [-0.1, -0.05) is 26.0 Å². The molecule has 4 heterocycles. The Morgan fingerprint density at radius 2 is 1.93 bits per heavy atom. The largest absolute Gasteiger partial charge is 0.473 e. The Morgan fingerprint density at radius 1 is 1.11 bits per heavy atom. The van der Waals surface area contributed by atoms with Gasteiger partial charge in [0.25, 0.3) is 0 Å². The summed E-state index contributed by atoms with van der Waals surface area (Å²) in [5.41, 5.74) is 0.129. The molecule has 6 rings (SSSR count). The maximum absolute atomic E-state index is 15.5. The van der Waals surface area contributed by atoms with E-state index in [1.807, 2.05) is 19.9 Å². The molecule has 1 fully saturated rings. The highest BCUT2D eigenvalue weighted by Crippen LogP contribution is 2.40. The molecular weight excluding hydrogens is 595 g/mol. The van der Waals surface area contributed by atoms with Crippen LogP contribution in [-0.2, 0) is 17.8 Å². The van der Waals surface area contributed by atoms with Crippen LogP contribution >= 0.6 is 11.5 Å². The molecule has 3 aromatic heterocycles. The van der Waals surface area contributed by atoms with Crippen LogP contribution in [0.25, 0.3) is 22.9 Å². The van der Waals surface area contributed by atoms with E-state index in [9.17, 15) is 9.18 Å². The lowest BCUT2D eigenvalue weighted by Crippen LogP contribution is -2.28. The van der Waals surface area contributed by atoms with E-state index in [1.165, 1.54) is 24.3 Å². The number of H-pyrrole nitrogens is 1. The molecule has 44 heavy (non-hydrogen) atoms. The fourth-order valence-electron chi connectivity index (χ4n) is 5.06. The van der Waals surface area contributed by atoms with Crippen molar-refractivity contribution >= 4 is 11.5 Å². The highest BCUT2D eigenvalue weighted by atomic mass is 32.1. The molecule has 14 heteroatoms. The zero-order chi connectivity index (χ0) is 31.0. The summed E-state index contributed by atoms with van der Waals surface area (Å²) in [6.07, 6.45) is -0.0935. The molecule has 5 aromatic rings. The lowest BCUT2D eigenvalue weighted by Gasteiger charge is -2.27. The first-order valence-electron chi connectivity index (χ1n) is 13.5. The summed E-state index contributed by atoms with van der Waals surface area (Å²) in [6, 6.07) is 12.4. The van der Waals surface area contributed by atoms with E-state index < -0.39 is 17.5 Å². The second-order valence-corrected chi connectivity index (χ2v) is 11.7.